The third-order valence-electron chi connectivity index (χ3n) is 2.31. The minimum absolute atomic E-state index is 0.320. The molecule has 1 N–H and O–H groups in total. The van der Waals surface area contributed by atoms with Gasteiger partial charge >= 0.3 is 0 Å². The molecule has 0 saturated carbocycles. The van der Waals surface area contributed by atoms with E-state index in [1.54, 1.807) is 19.2 Å². The van der Waals surface area contributed by atoms with Crippen LogP contribution in [0.3, 0.4) is 0 Å². The molecular formula is C13H17FN2O2. The predicted octanol–water partition coefficient (Wildman–Crippen LogP) is 2.16. The van der Waals surface area contributed by atoms with Crippen molar-refractivity contribution in [2.75, 3.05) is 38.8 Å². The lowest BCUT2D eigenvalue weighted by Crippen LogP contribution is -2.09. The van der Waals surface area contributed by atoms with E-state index in [0.29, 0.717) is 37.6 Å². The van der Waals surface area contributed by atoms with Gasteiger partial charge in [0.15, 0.2) is 0 Å². The second-order valence-corrected chi connectivity index (χ2v) is 3.69. The van der Waals surface area contributed by atoms with E-state index in [-0.39, 0.29) is 0 Å². The van der Waals surface area contributed by atoms with E-state index in [0.717, 1.165) is 6.42 Å². The molecule has 0 aliphatic heterocycles. The van der Waals surface area contributed by atoms with Gasteiger partial charge in [-0.3, -0.25) is 0 Å². The Hall–Kier alpha value is -1.64. The van der Waals surface area contributed by atoms with Gasteiger partial charge in [-0.25, -0.2) is 4.39 Å². The Kier molecular flexibility index (Phi) is 6.77. The Morgan fingerprint density at radius 3 is 2.83 bits per heavy atom. The molecule has 0 bridgehead atoms. The van der Waals surface area contributed by atoms with Gasteiger partial charge in [0.1, 0.15) is 5.82 Å². The average molecular weight is 252 g/mol. The van der Waals surface area contributed by atoms with E-state index in [2.05, 4.69) is 5.32 Å². The minimum Gasteiger partial charge on any atom is -0.383 e. The highest BCUT2D eigenvalue weighted by Crippen LogP contribution is 2.15. The van der Waals surface area contributed by atoms with E-state index in [1.165, 1.54) is 6.07 Å². The summed E-state index contributed by atoms with van der Waals surface area (Å²) in [6.07, 6.45) is 0.781. The lowest BCUT2D eigenvalue weighted by molar-refractivity contribution is 0.0705. The van der Waals surface area contributed by atoms with Gasteiger partial charge in [-0.1, -0.05) is 0 Å². The number of nitrogens with zero attached hydrogens (tertiary/aromatic N) is 1. The van der Waals surface area contributed by atoms with Crippen molar-refractivity contribution in [3.63, 3.8) is 0 Å². The topological polar surface area (TPSA) is 54.3 Å². The Balaban J connectivity index is 2.21. The van der Waals surface area contributed by atoms with Gasteiger partial charge < -0.3 is 14.8 Å². The molecular weight excluding hydrogens is 235 g/mol. The molecule has 0 atom stereocenters. The zero-order valence-electron chi connectivity index (χ0n) is 10.4. The van der Waals surface area contributed by atoms with Crippen LogP contribution in [0.15, 0.2) is 18.2 Å². The Labute approximate surface area is 106 Å². The highest BCUT2D eigenvalue weighted by molar-refractivity contribution is 5.48. The van der Waals surface area contributed by atoms with Crippen LogP contribution >= 0.6 is 0 Å². The number of rotatable bonds is 8. The second-order valence-electron chi connectivity index (χ2n) is 3.69. The first-order valence-corrected chi connectivity index (χ1v) is 5.78. The van der Waals surface area contributed by atoms with Crippen molar-refractivity contribution in [1.29, 1.82) is 5.26 Å². The summed E-state index contributed by atoms with van der Waals surface area (Å²) in [4.78, 5) is 0. The lowest BCUT2D eigenvalue weighted by Gasteiger charge is -2.08. The van der Waals surface area contributed by atoms with Gasteiger partial charge in [-0.2, -0.15) is 5.26 Å². The van der Waals surface area contributed by atoms with Crippen molar-refractivity contribution >= 4 is 5.69 Å². The Morgan fingerprint density at radius 2 is 2.17 bits per heavy atom. The molecule has 0 radical (unpaired) electrons. The molecule has 0 heterocycles. The molecule has 1 rings (SSSR count). The van der Waals surface area contributed by atoms with Crippen LogP contribution in [0.25, 0.3) is 0 Å². The largest absolute Gasteiger partial charge is 0.383 e. The van der Waals surface area contributed by atoms with Crippen LogP contribution in [0.5, 0.6) is 0 Å². The maximum atomic E-state index is 13.5. The molecule has 4 nitrogen and oxygen atoms in total. The number of hydrogen-bond donors (Lipinski definition) is 1. The van der Waals surface area contributed by atoms with Gasteiger partial charge in [0.2, 0.25) is 0 Å². The molecule has 0 amide bonds. The molecule has 0 saturated heterocycles. The molecule has 0 fully saturated rings. The summed E-state index contributed by atoms with van der Waals surface area (Å²) in [5.74, 6) is -0.408. The van der Waals surface area contributed by atoms with Crippen molar-refractivity contribution in [2.45, 2.75) is 6.42 Å². The number of nitriles is 1. The van der Waals surface area contributed by atoms with E-state index >= 15 is 0 Å². The molecule has 1 aromatic rings. The molecule has 0 aromatic heterocycles. The molecule has 0 spiro atoms. The van der Waals surface area contributed by atoms with Crippen molar-refractivity contribution in [2.24, 2.45) is 0 Å². The van der Waals surface area contributed by atoms with Crippen molar-refractivity contribution in [3.05, 3.63) is 29.6 Å². The number of halogens is 1. The molecule has 1 aromatic carbocycles. The zero-order chi connectivity index (χ0) is 13.2. The summed E-state index contributed by atoms with van der Waals surface area (Å²) < 4.78 is 23.6. The summed E-state index contributed by atoms with van der Waals surface area (Å²) in [6, 6.07) is 6.26. The summed E-state index contributed by atoms with van der Waals surface area (Å²) in [6.45, 7) is 2.38. The summed E-state index contributed by atoms with van der Waals surface area (Å²) >= 11 is 0. The lowest BCUT2D eigenvalue weighted by atomic mass is 10.2. The highest BCUT2D eigenvalue weighted by atomic mass is 19.1. The quantitative estimate of drug-likeness (QED) is 0.720. The van der Waals surface area contributed by atoms with E-state index < -0.39 is 5.82 Å². The van der Waals surface area contributed by atoms with Crippen molar-refractivity contribution in [1.82, 2.24) is 0 Å². The Morgan fingerprint density at radius 1 is 1.33 bits per heavy atom. The van der Waals surface area contributed by atoms with Crippen LogP contribution in [-0.2, 0) is 9.47 Å². The highest BCUT2D eigenvalue weighted by Gasteiger charge is 2.02. The molecule has 0 aliphatic carbocycles. The monoisotopic (exact) mass is 252 g/mol. The van der Waals surface area contributed by atoms with Crippen LogP contribution < -0.4 is 5.32 Å². The van der Waals surface area contributed by atoms with Gasteiger partial charge in [0.25, 0.3) is 0 Å². The summed E-state index contributed by atoms with van der Waals surface area (Å²) in [5, 5.41) is 11.6. The fourth-order valence-corrected chi connectivity index (χ4v) is 1.37. The first kappa shape index (κ1) is 14.4. The molecule has 0 unspecified atom stereocenters. The van der Waals surface area contributed by atoms with Gasteiger partial charge in [0, 0.05) is 20.3 Å². The fraction of sp³-hybridized carbons (Fsp3) is 0.462. The number of ether oxygens (including phenoxy) is 2. The maximum Gasteiger partial charge on any atom is 0.147 e. The van der Waals surface area contributed by atoms with Gasteiger partial charge in [-0.05, 0) is 24.6 Å². The molecule has 5 heteroatoms. The zero-order valence-corrected chi connectivity index (χ0v) is 10.4. The molecule has 18 heavy (non-hydrogen) atoms. The standard InChI is InChI=1S/C13H17FN2O2/c1-17-7-8-18-6-2-5-16-13-4-3-11(10-15)9-12(13)14/h3-4,9,16H,2,5-8H2,1H3. The van der Waals surface area contributed by atoms with Gasteiger partial charge in [0.05, 0.1) is 30.5 Å². The van der Waals surface area contributed by atoms with E-state index in [9.17, 15) is 4.39 Å². The SMILES string of the molecule is COCCOCCCNc1ccc(C#N)cc1F. The minimum atomic E-state index is -0.408. The first-order valence-electron chi connectivity index (χ1n) is 5.78. The number of hydrogen-bond acceptors (Lipinski definition) is 4. The van der Waals surface area contributed by atoms with Gasteiger partial charge in [-0.15, -0.1) is 0 Å². The number of methoxy groups -OCH3 is 1. The average Bonchev–Trinajstić information content (AvgIpc) is 2.39. The molecule has 0 aliphatic rings. The van der Waals surface area contributed by atoms with E-state index in [4.69, 9.17) is 14.7 Å². The normalized spacial score (nSPS) is 10.1. The van der Waals surface area contributed by atoms with Crippen LogP contribution in [0.2, 0.25) is 0 Å². The van der Waals surface area contributed by atoms with E-state index in [1.807, 2.05) is 6.07 Å². The van der Waals surface area contributed by atoms with Crippen LogP contribution in [0, 0.1) is 17.1 Å². The molecule has 98 valence electrons. The maximum absolute atomic E-state index is 13.5. The number of anilines is 1. The summed E-state index contributed by atoms with van der Waals surface area (Å²) in [7, 11) is 1.62. The third-order valence-corrected chi connectivity index (χ3v) is 2.31. The third kappa shape index (κ3) is 5.13. The second kappa shape index (κ2) is 8.45. The number of nitrogens with one attached hydrogen (secondary N) is 1. The van der Waals surface area contributed by atoms with Crippen LogP contribution in [0.4, 0.5) is 10.1 Å². The first-order chi connectivity index (χ1) is 8.77. The van der Waals surface area contributed by atoms with Crippen LogP contribution in [-0.4, -0.2) is 33.5 Å². The summed E-state index contributed by atoms with van der Waals surface area (Å²) in [5.41, 5.74) is 0.729. The predicted molar refractivity (Wildman–Crippen MR) is 66.9 cm³/mol. The smallest absolute Gasteiger partial charge is 0.147 e. The van der Waals surface area contributed by atoms with Crippen molar-refractivity contribution in [3.8, 4) is 6.07 Å². The van der Waals surface area contributed by atoms with Crippen molar-refractivity contribution < 1.29 is 13.9 Å². The number of benzene rings is 1. The Bertz CT molecular complexity index is 404. The van der Waals surface area contributed by atoms with Crippen LogP contribution in [0.1, 0.15) is 12.0 Å². The fourth-order valence-electron chi connectivity index (χ4n) is 1.37.